The van der Waals surface area contributed by atoms with Crippen molar-refractivity contribution in [3.63, 3.8) is 0 Å². The number of rotatable bonds is 3. The maximum Gasteiger partial charge on any atom is 0.123 e. The van der Waals surface area contributed by atoms with E-state index >= 15 is 0 Å². The van der Waals surface area contributed by atoms with Crippen molar-refractivity contribution in [2.24, 2.45) is 4.99 Å². The van der Waals surface area contributed by atoms with Gasteiger partial charge in [0.2, 0.25) is 0 Å². The summed E-state index contributed by atoms with van der Waals surface area (Å²) in [5, 5.41) is 3.09. The largest absolute Gasteiger partial charge is 0.496 e. The predicted octanol–water partition coefficient (Wildman–Crippen LogP) is 2.77. The molecular weight excluding hydrogens is 176 g/mol. The van der Waals surface area contributed by atoms with E-state index < -0.39 is 0 Å². The van der Waals surface area contributed by atoms with Gasteiger partial charge in [0, 0.05) is 19.3 Å². The van der Waals surface area contributed by atoms with Crippen LogP contribution in [0.25, 0.3) is 0 Å². The van der Waals surface area contributed by atoms with E-state index in [4.69, 9.17) is 4.74 Å². The smallest absolute Gasteiger partial charge is 0.123 e. The molecular formula is C11H16N2O. The first-order chi connectivity index (χ1) is 6.72. The molecule has 0 aliphatic rings. The van der Waals surface area contributed by atoms with Crippen LogP contribution < -0.4 is 10.1 Å². The Morgan fingerprint density at radius 3 is 2.64 bits per heavy atom. The molecule has 0 aliphatic heterocycles. The first-order valence-corrected chi connectivity index (χ1v) is 4.58. The first-order valence-electron chi connectivity index (χ1n) is 4.58. The van der Waals surface area contributed by atoms with Crippen molar-refractivity contribution < 1.29 is 4.74 Å². The Bertz CT molecular complexity index is 345. The lowest BCUT2D eigenvalue weighted by atomic mass is 10.1. The van der Waals surface area contributed by atoms with Crippen LogP contribution in [0.15, 0.2) is 17.1 Å². The molecule has 0 bridgehead atoms. The number of aryl methyl sites for hydroxylation is 1. The van der Waals surface area contributed by atoms with E-state index in [1.807, 2.05) is 33.0 Å². The Balaban J connectivity index is 3.24. The van der Waals surface area contributed by atoms with Gasteiger partial charge in [0.15, 0.2) is 0 Å². The minimum atomic E-state index is 0.879. The predicted molar refractivity (Wildman–Crippen MR) is 61.1 cm³/mol. The summed E-state index contributed by atoms with van der Waals surface area (Å²) < 4.78 is 5.23. The quantitative estimate of drug-likeness (QED) is 0.747. The molecule has 0 fully saturated rings. The van der Waals surface area contributed by atoms with E-state index in [0.717, 1.165) is 22.7 Å². The van der Waals surface area contributed by atoms with Crippen LogP contribution in [-0.4, -0.2) is 20.4 Å². The van der Waals surface area contributed by atoms with E-state index in [0.29, 0.717) is 0 Å². The monoisotopic (exact) mass is 192 g/mol. The number of nitrogens with one attached hydrogen (secondary N) is 1. The molecule has 1 aromatic rings. The molecule has 0 unspecified atom stereocenters. The van der Waals surface area contributed by atoms with Crippen LogP contribution in [0, 0.1) is 6.92 Å². The summed E-state index contributed by atoms with van der Waals surface area (Å²) in [6.45, 7) is 3.91. The van der Waals surface area contributed by atoms with Crippen molar-refractivity contribution >= 4 is 17.6 Å². The van der Waals surface area contributed by atoms with Gasteiger partial charge in [-0.15, -0.1) is 0 Å². The maximum absolute atomic E-state index is 5.23. The Morgan fingerprint density at radius 2 is 2.14 bits per heavy atom. The molecule has 0 spiro atoms. The zero-order valence-electron chi connectivity index (χ0n) is 9.09. The molecule has 3 heteroatoms. The number of anilines is 1. The van der Waals surface area contributed by atoms with Crippen LogP contribution in [-0.2, 0) is 0 Å². The van der Waals surface area contributed by atoms with Gasteiger partial charge in [-0.2, -0.15) is 0 Å². The van der Waals surface area contributed by atoms with Crippen molar-refractivity contribution in [3.05, 3.63) is 17.7 Å². The number of methoxy groups -OCH3 is 1. The van der Waals surface area contributed by atoms with Gasteiger partial charge in [-0.05, 0) is 25.5 Å². The zero-order chi connectivity index (χ0) is 10.6. The van der Waals surface area contributed by atoms with E-state index in [9.17, 15) is 0 Å². The summed E-state index contributed by atoms with van der Waals surface area (Å²) in [6.07, 6.45) is 1.78. The molecule has 0 aromatic heterocycles. The number of benzene rings is 1. The second kappa shape index (κ2) is 4.65. The first kappa shape index (κ1) is 10.6. The van der Waals surface area contributed by atoms with Gasteiger partial charge in [-0.3, -0.25) is 4.99 Å². The van der Waals surface area contributed by atoms with E-state index in [1.54, 1.807) is 13.3 Å². The third kappa shape index (κ3) is 2.05. The Kier molecular flexibility index (Phi) is 3.51. The van der Waals surface area contributed by atoms with Crippen LogP contribution in [0.2, 0.25) is 0 Å². The summed E-state index contributed by atoms with van der Waals surface area (Å²) in [7, 11) is 3.54. The molecule has 1 N–H and O–H groups in total. The molecule has 1 aromatic carbocycles. The third-order valence-corrected chi connectivity index (χ3v) is 2.05. The second-order valence-corrected chi connectivity index (χ2v) is 2.98. The highest BCUT2D eigenvalue weighted by Gasteiger charge is 2.04. The lowest BCUT2D eigenvalue weighted by Gasteiger charge is -2.10. The standard InChI is InChI=1S/C11H16N2O/c1-5-13-10-6-8(2)11(14-4)7-9(10)12-3/h5-7,12H,1-4H3/b13-5-. The van der Waals surface area contributed by atoms with Crippen molar-refractivity contribution in [1.82, 2.24) is 0 Å². The van der Waals surface area contributed by atoms with Gasteiger partial charge < -0.3 is 10.1 Å². The number of hydrogen-bond acceptors (Lipinski definition) is 3. The molecule has 0 heterocycles. The molecule has 14 heavy (non-hydrogen) atoms. The van der Waals surface area contributed by atoms with Crippen LogP contribution in [0.5, 0.6) is 5.75 Å². The highest BCUT2D eigenvalue weighted by molar-refractivity contribution is 5.74. The highest BCUT2D eigenvalue weighted by atomic mass is 16.5. The van der Waals surface area contributed by atoms with Crippen molar-refractivity contribution in [2.75, 3.05) is 19.5 Å². The lowest BCUT2D eigenvalue weighted by molar-refractivity contribution is 0.412. The van der Waals surface area contributed by atoms with Gasteiger partial charge in [0.1, 0.15) is 5.75 Å². The Hall–Kier alpha value is -1.51. The van der Waals surface area contributed by atoms with Crippen LogP contribution in [0.3, 0.4) is 0 Å². The van der Waals surface area contributed by atoms with Gasteiger partial charge in [-0.25, -0.2) is 0 Å². The van der Waals surface area contributed by atoms with Crippen LogP contribution in [0.1, 0.15) is 12.5 Å². The molecule has 0 saturated heterocycles. The molecule has 76 valence electrons. The van der Waals surface area contributed by atoms with Crippen LogP contribution >= 0.6 is 0 Å². The molecule has 0 amide bonds. The number of aliphatic imine (C=N–C) groups is 1. The van der Waals surface area contributed by atoms with Gasteiger partial charge in [0.25, 0.3) is 0 Å². The fourth-order valence-electron chi connectivity index (χ4n) is 1.34. The normalized spacial score (nSPS) is 10.6. The van der Waals surface area contributed by atoms with Crippen LogP contribution in [0.4, 0.5) is 11.4 Å². The lowest BCUT2D eigenvalue weighted by Crippen LogP contribution is -1.93. The van der Waals surface area contributed by atoms with Crippen molar-refractivity contribution in [2.45, 2.75) is 13.8 Å². The molecule has 0 saturated carbocycles. The van der Waals surface area contributed by atoms with Crippen molar-refractivity contribution in [3.8, 4) is 5.75 Å². The topological polar surface area (TPSA) is 33.6 Å². The molecule has 0 aliphatic carbocycles. The fraction of sp³-hybridized carbons (Fsp3) is 0.364. The average Bonchev–Trinajstić information content (AvgIpc) is 2.19. The van der Waals surface area contributed by atoms with E-state index in [2.05, 4.69) is 10.3 Å². The highest BCUT2D eigenvalue weighted by Crippen LogP contribution is 2.32. The molecule has 1 rings (SSSR count). The maximum atomic E-state index is 5.23. The number of hydrogen-bond donors (Lipinski definition) is 1. The summed E-state index contributed by atoms with van der Waals surface area (Å²) in [5.41, 5.74) is 3.01. The summed E-state index contributed by atoms with van der Waals surface area (Å²) in [5.74, 6) is 0.879. The van der Waals surface area contributed by atoms with Gasteiger partial charge >= 0.3 is 0 Å². The molecule has 0 atom stereocenters. The van der Waals surface area contributed by atoms with Gasteiger partial charge in [0.05, 0.1) is 18.5 Å². The molecule has 3 nitrogen and oxygen atoms in total. The third-order valence-electron chi connectivity index (χ3n) is 2.05. The van der Waals surface area contributed by atoms with Crippen molar-refractivity contribution in [1.29, 1.82) is 0 Å². The average molecular weight is 192 g/mol. The van der Waals surface area contributed by atoms with E-state index in [1.165, 1.54) is 0 Å². The van der Waals surface area contributed by atoms with Gasteiger partial charge in [-0.1, -0.05) is 0 Å². The summed E-state index contributed by atoms with van der Waals surface area (Å²) in [4.78, 5) is 4.27. The fourth-order valence-corrected chi connectivity index (χ4v) is 1.34. The van der Waals surface area contributed by atoms with E-state index in [-0.39, 0.29) is 0 Å². The minimum Gasteiger partial charge on any atom is -0.496 e. The Labute approximate surface area is 84.8 Å². The summed E-state index contributed by atoms with van der Waals surface area (Å²) in [6, 6.07) is 3.96. The zero-order valence-corrected chi connectivity index (χ0v) is 9.09. The Morgan fingerprint density at radius 1 is 1.43 bits per heavy atom. The second-order valence-electron chi connectivity index (χ2n) is 2.98. The SMILES string of the molecule is C/C=N\c1cc(C)c(OC)cc1NC. The summed E-state index contributed by atoms with van der Waals surface area (Å²) >= 11 is 0. The number of nitrogens with zero attached hydrogens (tertiary/aromatic N) is 1. The minimum absolute atomic E-state index is 0.879. The number of ether oxygens (including phenoxy) is 1. The molecule has 0 radical (unpaired) electrons.